The van der Waals surface area contributed by atoms with Crippen LogP contribution in [-0.2, 0) is 11.2 Å². The molecule has 2 aromatic heterocycles. The minimum atomic E-state index is 0.0769. The van der Waals surface area contributed by atoms with Crippen molar-refractivity contribution in [3.05, 3.63) is 59.3 Å². The number of amides is 1. The fourth-order valence-corrected chi connectivity index (χ4v) is 4.58. The maximum Gasteiger partial charge on any atom is 0.223 e. The van der Waals surface area contributed by atoms with E-state index >= 15 is 0 Å². The maximum atomic E-state index is 12.7. The monoisotopic (exact) mass is 415 g/mol. The van der Waals surface area contributed by atoms with Gasteiger partial charge < -0.3 is 20.2 Å². The number of aryl methyl sites for hydroxylation is 2. The van der Waals surface area contributed by atoms with Crippen molar-refractivity contribution < 1.29 is 4.79 Å². The summed E-state index contributed by atoms with van der Waals surface area (Å²) in [5.41, 5.74) is 6.95. The van der Waals surface area contributed by atoms with Gasteiger partial charge in [-0.1, -0.05) is 17.7 Å². The molecule has 0 unspecified atom stereocenters. The van der Waals surface area contributed by atoms with E-state index in [1.807, 2.05) is 0 Å². The predicted octanol–water partition coefficient (Wildman–Crippen LogP) is 4.24. The lowest BCUT2D eigenvalue weighted by Gasteiger charge is -2.31. The summed E-state index contributed by atoms with van der Waals surface area (Å²) in [6.45, 7) is 6.56. The molecule has 6 heteroatoms. The first kappa shape index (κ1) is 19.7. The molecule has 5 rings (SSSR count). The number of nitrogens with one attached hydrogen (secondary N) is 3. The SMILES string of the molecule is Cc1ccc2nc(N3CCC(C(=O)NCCc4c[nH]c5ccc(C)cc45)CC3)[nH]c2c1. The number of hydrogen-bond donors (Lipinski definition) is 3. The highest BCUT2D eigenvalue weighted by Crippen LogP contribution is 2.24. The van der Waals surface area contributed by atoms with Crippen LogP contribution in [0.2, 0.25) is 0 Å². The first-order chi connectivity index (χ1) is 15.1. The molecule has 1 aliphatic heterocycles. The van der Waals surface area contributed by atoms with Crippen LogP contribution in [0.25, 0.3) is 21.9 Å². The van der Waals surface area contributed by atoms with E-state index in [1.165, 1.54) is 22.1 Å². The van der Waals surface area contributed by atoms with E-state index in [1.54, 1.807) is 0 Å². The molecule has 0 aliphatic carbocycles. The van der Waals surface area contributed by atoms with Crippen molar-refractivity contribution in [1.82, 2.24) is 20.3 Å². The number of H-pyrrole nitrogens is 2. The number of benzene rings is 2. The summed E-state index contributed by atoms with van der Waals surface area (Å²) < 4.78 is 0. The summed E-state index contributed by atoms with van der Waals surface area (Å²) in [6.07, 6.45) is 4.61. The number of aromatic amines is 2. The van der Waals surface area contributed by atoms with Crippen molar-refractivity contribution in [2.24, 2.45) is 5.92 Å². The lowest BCUT2D eigenvalue weighted by atomic mass is 9.96. The fourth-order valence-electron chi connectivity index (χ4n) is 4.58. The number of piperidine rings is 1. The van der Waals surface area contributed by atoms with Crippen LogP contribution in [0.1, 0.15) is 29.5 Å². The summed E-state index contributed by atoms with van der Waals surface area (Å²) in [5.74, 6) is 1.16. The average molecular weight is 416 g/mol. The molecule has 3 heterocycles. The van der Waals surface area contributed by atoms with Gasteiger partial charge in [-0.2, -0.15) is 0 Å². The van der Waals surface area contributed by atoms with Gasteiger partial charge in [-0.3, -0.25) is 4.79 Å². The maximum absolute atomic E-state index is 12.7. The van der Waals surface area contributed by atoms with Gasteiger partial charge in [-0.15, -0.1) is 0 Å². The molecule has 1 aliphatic rings. The van der Waals surface area contributed by atoms with Gasteiger partial charge in [0.05, 0.1) is 11.0 Å². The van der Waals surface area contributed by atoms with Gasteiger partial charge in [0, 0.05) is 42.7 Å². The van der Waals surface area contributed by atoms with Crippen LogP contribution in [0, 0.1) is 19.8 Å². The second kappa shape index (κ2) is 8.10. The second-order valence-electron chi connectivity index (χ2n) is 8.75. The number of carbonyl (C=O) groups is 1. The summed E-state index contributed by atoms with van der Waals surface area (Å²) in [4.78, 5) is 26.4. The van der Waals surface area contributed by atoms with E-state index in [9.17, 15) is 4.79 Å². The number of hydrogen-bond acceptors (Lipinski definition) is 3. The highest BCUT2D eigenvalue weighted by Gasteiger charge is 2.26. The smallest absolute Gasteiger partial charge is 0.223 e. The molecule has 160 valence electrons. The zero-order valence-corrected chi connectivity index (χ0v) is 18.2. The Hall–Kier alpha value is -3.28. The first-order valence-electron chi connectivity index (χ1n) is 11.1. The third kappa shape index (κ3) is 4.02. The quantitative estimate of drug-likeness (QED) is 0.456. The predicted molar refractivity (Wildman–Crippen MR) is 126 cm³/mol. The Labute approximate surface area is 182 Å². The number of carbonyl (C=O) groups excluding carboxylic acids is 1. The summed E-state index contributed by atoms with van der Waals surface area (Å²) >= 11 is 0. The van der Waals surface area contributed by atoms with Crippen LogP contribution in [0.15, 0.2) is 42.6 Å². The van der Waals surface area contributed by atoms with Crippen LogP contribution in [0.3, 0.4) is 0 Å². The lowest BCUT2D eigenvalue weighted by Crippen LogP contribution is -2.41. The zero-order chi connectivity index (χ0) is 21.4. The Morgan fingerprint density at radius 2 is 1.87 bits per heavy atom. The van der Waals surface area contributed by atoms with E-state index < -0.39 is 0 Å². The number of anilines is 1. The molecule has 3 N–H and O–H groups in total. The first-order valence-corrected chi connectivity index (χ1v) is 11.1. The normalized spacial score (nSPS) is 15.1. The van der Waals surface area contributed by atoms with Gasteiger partial charge >= 0.3 is 0 Å². The van der Waals surface area contributed by atoms with E-state index in [0.717, 1.165) is 54.9 Å². The highest BCUT2D eigenvalue weighted by molar-refractivity contribution is 5.84. The van der Waals surface area contributed by atoms with Crippen LogP contribution in [0.4, 0.5) is 5.95 Å². The van der Waals surface area contributed by atoms with Gasteiger partial charge in [0.1, 0.15) is 0 Å². The summed E-state index contributed by atoms with van der Waals surface area (Å²) in [7, 11) is 0. The molecule has 1 amide bonds. The van der Waals surface area contributed by atoms with Crippen molar-refractivity contribution in [1.29, 1.82) is 0 Å². The lowest BCUT2D eigenvalue weighted by molar-refractivity contribution is -0.125. The molecule has 2 aromatic carbocycles. The Bertz CT molecular complexity index is 1230. The molecular formula is C25H29N5O. The van der Waals surface area contributed by atoms with Gasteiger partial charge in [0.15, 0.2) is 0 Å². The highest BCUT2D eigenvalue weighted by atomic mass is 16.1. The Balaban J connectivity index is 1.14. The Morgan fingerprint density at radius 1 is 1.10 bits per heavy atom. The van der Waals surface area contributed by atoms with E-state index in [4.69, 9.17) is 4.98 Å². The molecule has 0 saturated carbocycles. The Morgan fingerprint density at radius 3 is 2.71 bits per heavy atom. The molecule has 0 spiro atoms. The standard InChI is InChI=1S/C25H29N5O/c1-16-3-5-21-20(13-16)19(15-27-21)7-10-26-24(31)18-8-11-30(12-9-18)25-28-22-6-4-17(2)14-23(22)29-25/h3-6,13-15,18,27H,7-12H2,1-2H3,(H,26,31)(H,28,29). The van der Waals surface area contributed by atoms with Crippen molar-refractivity contribution in [2.75, 3.05) is 24.5 Å². The molecule has 1 fully saturated rings. The minimum absolute atomic E-state index is 0.0769. The second-order valence-corrected chi connectivity index (χ2v) is 8.75. The molecule has 1 saturated heterocycles. The zero-order valence-electron chi connectivity index (χ0n) is 18.2. The number of nitrogens with zero attached hydrogens (tertiary/aromatic N) is 2. The summed E-state index contributed by atoms with van der Waals surface area (Å²) in [5, 5.41) is 4.41. The molecule has 0 bridgehead atoms. The van der Waals surface area contributed by atoms with Gasteiger partial charge in [0.25, 0.3) is 0 Å². The van der Waals surface area contributed by atoms with E-state index in [-0.39, 0.29) is 11.8 Å². The topological polar surface area (TPSA) is 76.8 Å². The molecule has 4 aromatic rings. The van der Waals surface area contributed by atoms with Crippen LogP contribution in [0.5, 0.6) is 0 Å². The molecule has 0 atom stereocenters. The van der Waals surface area contributed by atoms with Crippen LogP contribution in [-0.4, -0.2) is 40.5 Å². The Kier molecular flexibility index (Phi) is 5.14. The summed E-state index contributed by atoms with van der Waals surface area (Å²) in [6, 6.07) is 12.7. The fraction of sp³-hybridized carbons (Fsp3) is 0.360. The number of aromatic nitrogens is 3. The minimum Gasteiger partial charge on any atom is -0.361 e. The van der Waals surface area contributed by atoms with Crippen molar-refractivity contribution in [3.63, 3.8) is 0 Å². The van der Waals surface area contributed by atoms with Crippen molar-refractivity contribution in [2.45, 2.75) is 33.1 Å². The van der Waals surface area contributed by atoms with Crippen molar-refractivity contribution in [3.8, 4) is 0 Å². The van der Waals surface area contributed by atoms with Crippen LogP contribution < -0.4 is 10.2 Å². The molecule has 0 radical (unpaired) electrons. The number of rotatable bonds is 5. The third-order valence-electron chi connectivity index (χ3n) is 6.41. The van der Waals surface area contributed by atoms with Gasteiger partial charge in [-0.25, -0.2) is 4.98 Å². The average Bonchev–Trinajstić information content (AvgIpc) is 3.37. The third-order valence-corrected chi connectivity index (χ3v) is 6.41. The van der Waals surface area contributed by atoms with Crippen molar-refractivity contribution >= 4 is 33.8 Å². The number of imidazole rings is 1. The largest absolute Gasteiger partial charge is 0.361 e. The van der Waals surface area contributed by atoms with E-state index in [0.29, 0.717) is 6.54 Å². The molecule has 31 heavy (non-hydrogen) atoms. The van der Waals surface area contributed by atoms with Gasteiger partial charge in [-0.05, 0) is 68.5 Å². The molecular weight excluding hydrogens is 386 g/mol. The molecule has 6 nitrogen and oxygen atoms in total. The van der Waals surface area contributed by atoms with Gasteiger partial charge in [0.2, 0.25) is 11.9 Å². The van der Waals surface area contributed by atoms with Crippen LogP contribution >= 0.6 is 0 Å². The van der Waals surface area contributed by atoms with E-state index in [2.05, 4.69) is 76.6 Å². The number of fused-ring (bicyclic) bond motifs is 2.